The lowest BCUT2D eigenvalue weighted by Crippen LogP contribution is -2.13. The molecule has 0 fully saturated rings. The Balaban J connectivity index is 1.43. The van der Waals surface area contributed by atoms with Crippen molar-refractivity contribution in [3.05, 3.63) is 115 Å². The van der Waals surface area contributed by atoms with Gasteiger partial charge in [-0.25, -0.2) is 14.6 Å². The molecule has 3 aromatic carbocycles. The predicted octanol–water partition coefficient (Wildman–Crippen LogP) is 5.68. The Labute approximate surface area is 196 Å². The van der Waals surface area contributed by atoms with Crippen LogP contribution in [0.25, 0.3) is 16.9 Å². The van der Waals surface area contributed by atoms with Gasteiger partial charge < -0.3 is 10.1 Å². The van der Waals surface area contributed by atoms with Crippen LogP contribution in [0.2, 0.25) is 0 Å². The largest absolute Gasteiger partial charge is 0.424 e. The lowest BCUT2D eigenvalue weighted by atomic mass is 10.1. The molecule has 166 valence electrons. The maximum Gasteiger partial charge on any atom is 0.321 e. The second-order valence-corrected chi connectivity index (χ2v) is 7.60. The summed E-state index contributed by atoms with van der Waals surface area (Å²) in [5, 5.41) is 7.73. The Morgan fingerprint density at radius 2 is 1.59 bits per heavy atom. The van der Waals surface area contributed by atoms with Gasteiger partial charge in [-0.2, -0.15) is 5.10 Å². The average Bonchev–Trinajstić information content (AvgIpc) is 3.33. The minimum atomic E-state index is -0.246. The second kappa shape index (κ2) is 9.38. The fourth-order valence-electron chi connectivity index (χ4n) is 3.54. The Kier molecular flexibility index (Phi) is 5.82. The highest BCUT2D eigenvalue weighted by Crippen LogP contribution is 2.27. The monoisotopic (exact) mass is 447 g/mol. The number of anilines is 1. The minimum Gasteiger partial charge on any atom is -0.424 e. The summed E-state index contributed by atoms with van der Waals surface area (Å²) in [6, 6.07) is 26.8. The molecule has 5 rings (SSSR count). The highest BCUT2D eigenvalue weighted by molar-refractivity contribution is 6.08. The van der Waals surface area contributed by atoms with Crippen molar-refractivity contribution in [3.8, 4) is 28.7 Å². The van der Waals surface area contributed by atoms with Gasteiger partial charge in [0.1, 0.15) is 11.4 Å². The lowest BCUT2D eigenvalue weighted by molar-refractivity contribution is 0.102. The van der Waals surface area contributed by atoms with E-state index in [0.29, 0.717) is 22.7 Å². The number of aromatic nitrogens is 4. The van der Waals surface area contributed by atoms with E-state index in [1.807, 2.05) is 73.7 Å². The van der Waals surface area contributed by atoms with Gasteiger partial charge in [-0.15, -0.1) is 0 Å². The van der Waals surface area contributed by atoms with E-state index in [0.717, 1.165) is 16.8 Å². The van der Waals surface area contributed by atoms with Crippen LogP contribution in [0.15, 0.2) is 104 Å². The van der Waals surface area contributed by atoms with Crippen LogP contribution in [0.1, 0.15) is 15.9 Å². The summed E-state index contributed by atoms with van der Waals surface area (Å²) in [5.41, 5.74) is 4.36. The van der Waals surface area contributed by atoms with Crippen molar-refractivity contribution in [2.45, 2.75) is 6.92 Å². The van der Waals surface area contributed by atoms with Crippen molar-refractivity contribution in [2.75, 3.05) is 5.32 Å². The third-order valence-electron chi connectivity index (χ3n) is 5.22. The first-order valence-electron chi connectivity index (χ1n) is 10.7. The number of hydrogen-bond acceptors (Lipinski definition) is 5. The van der Waals surface area contributed by atoms with Crippen LogP contribution in [-0.2, 0) is 0 Å². The van der Waals surface area contributed by atoms with E-state index in [-0.39, 0.29) is 11.9 Å². The summed E-state index contributed by atoms with van der Waals surface area (Å²) in [6.07, 6.45) is 4.99. The number of hydrogen-bond donors (Lipinski definition) is 1. The molecule has 7 nitrogen and oxygen atoms in total. The van der Waals surface area contributed by atoms with Gasteiger partial charge in [0.15, 0.2) is 0 Å². The fourth-order valence-corrected chi connectivity index (χ4v) is 3.54. The lowest BCUT2D eigenvalue weighted by Gasteiger charge is -2.10. The first-order valence-corrected chi connectivity index (χ1v) is 10.7. The standard InChI is InChI=1S/C27H21N5O2/c1-19-17-22(34-27-28-15-8-16-29-27)13-14-24(19)30-26(33)23-18-32(21-11-6-3-7-12-21)31-25(23)20-9-4-2-5-10-20/h2-18H,1H3,(H,30,33). The maximum absolute atomic E-state index is 13.4. The molecule has 0 radical (unpaired) electrons. The third-order valence-corrected chi connectivity index (χ3v) is 5.22. The number of rotatable bonds is 6. The smallest absolute Gasteiger partial charge is 0.321 e. The molecule has 0 bridgehead atoms. The molecule has 0 saturated heterocycles. The molecule has 34 heavy (non-hydrogen) atoms. The zero-order chi connectivity index (χ0) is 23.3. The summed E-state index contributed by atoms with van der Waals surface area (Å²) in [5.74, 6) is 0.341. The molecule has 0 unspecified atom stereocenters. The second-order valence-electron chi connectivity index (χ2n) is 7.60. The van der Waals surface area contributed by atoms with Gasteiger partial charge >= 0.3 is 6.01 Å². The van der Waals surface area contributed by atoms with Crippen LogP contribution >= 0.6 is 0 Å². The Morgan fingerprint density at radius 3 is 2.29 bits per heavy atom. The van der Waals surface area contributed by atoms with Crippen molar-refractivity contribution in [1.82, 2.24) is 19.7 Å². The number of nitrogens with zero attached hydrogens (tertiary/aromatic N) is 4. The van der Waals surface area contributed by atoms with E-state index in [9.17, 15) is 4.79 Å². The van der Waals surface area contributed by atoms with Crippen LogP contribution in [0.3, 0.4) is 0 Å². The SMILES string of the molecule is Cc1cc(Oc2ncccn2)ccc1NC(=O)c1cn(-c2ccccc2)nc1-c1ccccc1. The van der Waals surface area contributed by atoms with Gasteiger partial charge in [0.2, 0.25) is 0 Å². The quantitative estimate of drug-likeness (QED) is 0.362. The summed E-state index contributed by atoms with van der Waals surface area (Å²) in [4.78, 5) is 21.5. The molecule has 1 amide bonds. The number of aryl methyl sites for hydroxylation is 1. The van der Waals surface area contributed by atoms with Gasteiger partial charge in [0.05, 0.1) is 11.3 Å². The number of para-hydroxylation sites is 1. The Bertz CT molecular complexity index is 1420. The number of benzene rings is 3. The zero-order valence-electron chi connectivity index (χ0n) is 18.4. The molecule has 0 spiro atoms. The molecule has 0 atom stereocenters. The topological polar surface area (TPSA) is 81.9 Å². The minimum absolute atomic E-state index is 0.246. The first kappa shape index (κ1) is 21.1. The van der Waals surface area contributed by atoms with Crippen molar-refractivity contribution in [2.24, 2.45) is 0 Å². The Hall–Kier alpha value is -4.78. The van der Waals surface area contributed by atoms with Crippen LogP contribution < -0.4 is 10.1 Å². The normalized spacial score (nSPS) is 10.6. The number of nitrogens with one attached hydrogen (secondary N) is 1. The van der Waals surface area contributed by atoms with Crippen LogP contribution in [-0.4, -0.2) is 25.7 Å². The van der Waals surface area contributed by atoms with Gasteiger partial charge in [-0.1, -0.05) is 48.5 Å². The highest BCUT2D eigenvalue weighted by Gasteiger charge is 2.19. The van der Waals surface area contributed by atoms with Crippen LogP contribution in [0.5, 0.6) is 11.8 Å². The van der Waals surface area contributed by atoms with E-state index < -0.39 is 0 Å². The molecule has 0 aliphatic rings. The summed E-state index contributed by atoms with van der Waals surface area (Å²) in [7, 11) is 0. The summed E-state index contributed by atoms with van der Waals surface area (Å²) < 4.78 is 7.41. The van der Waals surface area contributed by atoms with Crippen LogP contribution in [0, 0.1) is 6.92 Å². The number of carbonyl (C=O) groups is 1. The molecule has 1 N–H and O–H groups in total. The predicted molar refractivity (Wildman–Crippen MR) is 130 cm³/mol. The first-order chi connectivity index (χ1) is 16.7. The number of ether oxygens (including phenoxy) is 1. The average molecular weight is 447 g/mol. The number of carbonyl (C=O) groups excluding carboxylic acids is 1. The van der Waals surface area contributed by atoms with Gasteiger partial charge in [0.25, 0.3) is 5.91 Å². The summed E-state index contributed by atoms with van der Waals surface area (Å²) in [6.45, 7) is 1.90. The summed E-state index contributed by atoms with van der Waals surface area (Å²) >= 11 is 0. The van der Waals surface area contributed by atoms with E-state index in [4.69, 9.17) is 9.84 Å². The van der Waals surface area contributed by atoms with Crippen molar-refractivity contribution in [1.29, 1.82) is 0 Å². The molecule has 5 aromatic rings. The van der Waals surface area contributed by atoms with Gasteiger partial charge in [-0.3, -0.25) is 4.79 Å². The Morgan fingerprint density at radius 1 is 0.882 bits per heavy atom. The molecule has 7 heteroatoms. The maximum atomic E-state index is 13.4. The van der Waals surface area contributed by atoms with E-state index >= 15 is 0 Å². The molecule has 0 aliphatic carbocycles. The molecule has 2 heterocycles. The van der Waals surface area contributed by atoms with Gasteiger partial charge in [0, 0.05) is 29.8 Å². The molecule has 0 aliphatic heterocycles. The highest BCUT2D eigenvalue weighted by atomic mass is 16.5. The van der Waals surface area contributed by atoms with E-state index in [2.05, 4.69) is 15.3 Å². The number of amides is 1. The van der Waals surface area contributed by atoms with E-state index in [1.54, 1.807) is 41.5 Å². The van der Waals surface area contributed by atoms with Crippen molar-refractivity contribution in [3.63, 3.8) is 0 Å². The van der Waals surface area contributed by atoms with Crippen molar-refractivity contribution >= 4 is 11.6 Å². The molecular formula is C27H21N5O2. The van der Waals surface area contributed by atoms with Crippen LogP contribution in [0.4, 0.5) is 5.69 Å². The fraction of sp³-hybridized carbons (Fsp3) is 0.0370. The third kappa shape index (κ3) is 4.54. The molecule has 0 saturated carbocycles. The van der Waals surface area contributed by atoms with Gasteiger partial charge in [-0.05, 0) is 48.9 Å². The molecule has 2 aromatic heterocycles. The van der Waals surface area contributed by atoms with E-state index in [1.165, 1.54) is 0 Å². The molecular weight excluding hydrogens is 426 g/mol. The zero-order valence-corrected chi connectivity index (χ0v) is 18.4. The van der Waals surface area contributed by atoms with Crippen molar-refractivity contribution < 1.29 is 9.53 Å².